The minimum Gasteiger partial charge on any atom is -0.481 e. The molecule has 0 aromatic carbocycles. The molecule has 0 heterocycles. The van der Waals surface area contributed by atoms with Crippen LogP contribution in [0.4, 0.5) is 0 Å². The van der Waals surface area contributed by atoms with Crippen molar-refractivity contribution in [3.05, 3.63) is 0 Å². The second-order valence-corrected chi connectivity index (χ2v) is 4.77. The Hall–Kier alpha value is -0.570. The average molecular weight is 214 g/mol. The first kappa shape index (κ1) is 12.5. The van der Waals surface area contributed by atoms with Crippen molar-refractivity contribution in [3.8, 4) is 0 Å². The largest absolute Gasteiger partial charge is 0.481 e. The number of hydrogen-bond acceptors (Lipinski definition) is 2. The lowest BCUT2D eigenvalue weighted by Crippen LogP contribution is -2.45. The maximum absolute atomic E-state index is 11.1. The SMILES string of the molecule is CCC1CCCC(O)(C(CC)C(=O)O)C1. The Balaban J connectivity index is 2.74. The van der Waals surface area contributed by atoms with Gasteiger partial charge >= 0.3 is 5.97 Å². The Labute approximate surface area is 91.5 Å². The molecule has 0 bridgehead atoms. The highest BCUT2D eigenvalue weighted by atomic mass is 16.4. The van der Waals surface area contributed by atoms with Gasteiger partial charge in [-0.05, 0) is 25.2 Å². The van der Waals surface area contributed by atoms with Crippen LogP contribution < -0.4 is 0 Å². The fourth-order valence-corrected chi connectivity index (χ4v) is 2.85. The monoisotopic (exact) mass is 214 g/mol. The third-order valence-electron chi connectivity index (χ3n) is 3.80. The van der Waals surface area contributed by atoms with Crippen molar-refractivity contribution in [2.45, 2.75) is 58.0 Å². The van der Waals surface area contributed by atoms with Gasteiger partial charge in [0.05, 0.1) is 11.5 Å². The van der Waals surface area contributed by atoms with Gasteiger partial charge in [0.1, 0.15) is 0 Å². The van der Waals surface area contributed by atoms with E-state index in [0.29, 0.717) is 25.2 Å². The number of carbonyl (C=O) groups is 1. The molecule has 3 heteroatoms. The minimum absolute atomic E-state index is 0.497. The summed E-state index contributed by atoms with van der Waals surface area (Å²) in [4.78, 5) is 11.1. The van der Waals surface area contributed by atoms with Crippen molar-refractivity contribution in [2.75, 3.05) is 0 Å². The molecule has 0 saturated heterocycles. The van der Waals surface area contributed by atoms with Crippen LogP contribution in [-0.2, 0) is 4.79 Å². The molecule has 0 radical (unpaired) electrons. The van der Waals surface area contributed by atoms with Gasteiger partial charge in [0.25, 0.3) is 0 Å². The number of aliphatic carboxylic acids is 1. The molecule has 0 aromatic heterocycles. The molecule has 3 unspecified atom stereocenters. The first-order chi connectivity index (χ1) is 7.03. The summed E-state index contributed by atoms with van der Waals surface area (Å²) in [6.07, 6.45) is 4.96. The van der Waals surface area contributed by atoms with E-state index in [1.54, 1.807) is 0 Å². The zero-order chi connectivity index (χ0) is 11.5. The van der Waals surface area contributed by atoms with Crippen molar-refractivity contribution in [1.82, 2.24) is 0 Å². The lowest BCUT2D eigenvalue weighted by Gasteiger charge is -2.40. The van der Waals surface area contributed by atoms with Crippen molar-refractivity contribution in [1.29, 1.82) is 0 Å². The van der Waals surface area contributed by atoms with Gasteiger partial charge in [-0.25, -0.2) is 0 Å². The van der Waals surface area contributed by atoms with E-state index >= 15 is 0 Å². The first-order valence-corrected chi connectivity index (χ1v) is 5.98. The second kappa shape index (κ2) is 4.97. The Kier molecular flexibility index (Phi) is 4.14. The summed E-state index contributed by atoms with van der Waals surface area (Å²) >= 11 is 0. The van der Waals surface area contributed by atoms with Crippen LogP contribution in [0.3, 0.4) is 0 Å². The summed E-state index contributed by atoms with van der Waals surface area (Å²) in [7, 11) is 0. The van der Waals surface area contributed by atoms with E-state index in [9.17, 15) is 9.90 Å². The lowest BCUT2D eigenvalue weighted by atomic mass is 9.70. The fourth-order valence-electron chi connectivity index (χ4n) is 2.85. The second-order valence-electron chi connectivity index (χ2n) is 4.77. The molecule has 1 aliphatic carbocycles. The van der Waals surface area contributed by atoms with Crippen molar-refractivity contribution >= 4 is 5.97 Å². The van der Waals surface area contributed by atoms with Gasteiger partial charge in [0, 0.05) is 0 Å². The molecule has 1 aliphatic rings. The number of hydrogen-bond donors (Lipinski definition) is 2. The molecule has 2 N–H and O–H groups in total. The highest BCUT2D eigenvalue weighted by Crippen LogP contribution is 2.40. The molecule has 3 atom stereocenters. The third kappa shape index (κ3) is 2.71. The fraction of sp³-hybridized carbons (Fsp3) is 0.917. The van der Waals surface area contributed by atoms with Crippen molar-refractivity contribution in [3.63, 3.8) is 0 Å². The summed E-state index contributed by atoms with van der Waals surface area (Å²) in [5.74, 6) is -0.944. The standard InChI is InChI=1S/C12H22O3/c1-3-9-6-5-7-12(15,8-9)10(4-2)11(13)14/h9-10,15H,3-8H2,1-2H3,(H,13,14). The quantitative estimate of drug-likeness (QED) is 0.755. The molecular weight excluding hydrogens is 192 g/mol. The van der Waals surface area contributed by atoms with Gasteiger partial charge in [-0.15, -0.1) is 0 Å². The molecular formula is C12H22O3. The van der Waals surface area contributed by atoms with E-state index in [2.05, 4.69) is 6.92 Å². The smallest absolute Gasteiger partial charge is 0.309 e. The van der Waals surface area contributed by atoms with Gasteiger partial charge in [0.2, 0.25) is 0 Å². The molecule has 0 spiro atoms. The van der Waals surface area contributed by atoms with E-state index in [1.165, 1.54) is 0 Å². The predicted octanol–water partition coefficient (Wildman–Crippen LogP) is 2.43. The molecule has 0 aromatic rings. The molecule has 88 valence electrons. The Bertz CT molecular complexity index is 227. The lowest BCUT2D eigenvalue weighted by molar-refractivity contribution is -0.156. The van der Waals surface area contributed by atoms with Crippen molar-refractivity contribution < 1.29 is 15.0 Å². The number of aliphatic hydroxyl groups is 1. The van der Waals surface area contributed by atoms with E-state index in [0.717, 1.165) is 19.3 Å². The molecule has 15 heavy (non-hydrogen) atoms. The predicted molar refractivity (Wildman–Crippen MR) is 58.6 cm³/mol. The van der Waals surface area contributed by atoms with Gasteiger partial charge in [-0.2, -0.15) is 0 Å². The summed E-state index contributed by atoms with van der Waals surface area (Å²) in [5.41, 5.74) is -0.959. The number of carboxylic acids is 1. The van der Waals surface area contributed by atoms with Crippen LogP contribution in [0.1, 0.15) is 52.4 Å². The molecule has 1 saturated carbocycles. The van der Waals surface area contributed by atoms with Crippen LogP contribution in [-0.4, -0.2) is 21.8 Å². The zero-order valence-electron chi connectivity index (χ0n) is 9.70. The van der Waals surface area contributed by atoms with Crippen LogP contribution in [0.25, 0.3) is 0 Å². The van der Waals surface area contributed by atoms with E-state index in [4.69, 9.17) is 5.11 Å². The topological polar surface area (TPSA) is 57.5 Å². The zero-order valence-corrected chi connectivity index (χ0v) is 9.70. The summed E-state index contributed by atoms with van der Waals surface area (Å²) in [6.45, 7) is 3.95. The summed E-state index contributed by atoms with van der Waals surface area (Å²) < 4.78 is 0. The Morgan fingerprint density at radius 2 is 2.20 bits per heavy atom. The van der Waals surface area contributed by atoms with E-state index < -0.39 is 17.5 Å². The van der Waals surface area contributed by atoms with Crippen LogP contribution in [0.5, 0.6) is 0 Å². The first-order valence-electron chi connectivity index (χ1n) is 5.98. The van der Waals surface area contributed by atoms with Gasteiger partial charge in [0.15, 0.2) is 0 Å². The Morgan fingerprint density at radius 1 is 1.53 bits per heavy atom. The van der Waals surface area contributed by atoms with Gasteiger partial charge in [-0.1, -0.05) is 33.1 Å². The maximum Gasteiger partial charge on any atom is 0.309 e. The van der Waals surface area contributed by atoms with Gasteiger partial charge in [-0.3, -0.25) is 4.79 Å². The van der Waals surface area contributed by atoms with E-state index in [-0.39, 0.29) is 0 Å². The third-order valence-corrected chi connectivity index (χ3v) is 3.80. The Morgan fingerprint density at radius 3 is 2.67 bits per heavy atom. The average Bonchev–Trinajstić information content (AvgIpc) is 2.17. The normalized spacial score (nSPS) is 33.7. The van der Waals surface area contributed by atoms with Crippen LogP contribution in [0, 0.1) is 11.8 Å². The highest BCUT2D eigenvalue weighted by molar-refractivity contribution is 5.71. The van der Waals surface area contributed by atoms with Crippen LogP contribution in [0.2, 0.25) is 0 Å². The summed E-state index contributed by atoms with van der Waals surface area (Å²) in [5, 5.41) is 19.5. The summed E-state index contributed by atoms with van der Waals surface area (Å²) in [6, 6.07) is 0. The molecule has 3 nitrogen and oxygen atoms in total. The number of carboxylic acid groups (broad SMARTS) is 1. The van der Waals surface area contributed by atoms with Gasteiger partial charge < -0.3 is 10.2 Å². The highest BCUT2D eigenvalue weighted by Gasteiger charge is 2.43. The molecule has 0 amide bonds. The van der Waals surface area contributed by atoms with Crippen LogP contribution >= 0.6 is 0 Å². The molecule has 1 fully saturated rings. The van der Waals surface area contributed by atoms with Crippen LogP contribution in [0.15, 0.2) is 0 Å². The number of rotatable bonds is 4. The molecule has 1 rings (SSSR count). The van der Waals surface area contributed by atoms with Crippen molar-refractivity contribution in [2.24, 2.45) is 11.8 Å². The maximum atomic E-state index is 11.1. The molecule has 0 aliphatic heterocycles. The minimum atomic E-state index is -0.959. The van der Waals surface area contributed by atoms with E-state index in [1.807, 2.05) is 6.92 Å².